The molecule has 1 aromatic heterocycles. The Morgan fingerprint density at radius 2 is 2.15 bits per heavy atom. The van der Waals surface area contributed by atoms with Gasteiger partial charge in [0.2, 0.25) is 0 Å². The van der Waals surface area contributed by atoms with Crippen LogP contribution in [0.1, 0.15) is 19.6 Å². The second kappa shape index (κ2) is 3.83. The molecule has 0 atom stereocenters. The molecule has 74 valence electrons. The maximum atomic E-state index is 9.01. The van der Waals surface area contributed by atoms with Crippen LogP contribution in [-0.4, -0.2) is 18.3 Å². The van der Waals surface area contributed by atoms with Crippen LogP contribution in [0.3, 0.4) is 0 Å². The standard InChI is InChI=1S/C10H17NO2/c1-8-4-5-9(13-8)11-6-10(2,3)7-12/h4-5,11-12H,6-7H2,1-3H3. The molecule has 0 aliphatic heterocycles. The van der Waals surface area contributed by atoms with Crippen LogP contribution >= 0.6 is 0 Å². The van der Waals surface area contributed by atoms with Gasteiger partial charge >= 0.3 is 0 Å². The fourth-order valence-electron chi connectivity index (χ4n) is 0.912. The average Bonchev–Trinajstić information content (AvgIpc) is 2.48. The second-order valence-electron chi connectivity index (χ2n) is 4.09. The van der Waals surface area contributed by atoms with E-state index in [4.69, 9.17) is 9.52 Å². The van der Waals surface area contributed by atoms with Gasteiger partial charge in [-0.05, 0) is 13.0 Å². The molecule has 2 N–H and O–H groups in total. The monoisotopic (exact) mass is 183 g/mol. The Kier molecular flexibility index (Phi) is 2.98. The van der Waals surface area contributed by atoms with Gasteiger partial charge in [-0.15, -0.1) is 0 Å². The number of aliphatic hydroxyl groups is 1. The molecule has 0 saturated carbocycles. The van der Waals surface area contributed by atoms with Gasteiger partial charge in [-0.1, -0.05) is 13.8 Å². The van der Waals surface area contributed by atoms with Crippen LogP contribution in [0.2, 0.25) is 0 Å². The van der Waals surface area contributed by atoms with Gasteiger partial charge < -0.3 is 14.8 Å². The summed E-state index contributed by atoms with van der Waals surface area (Å²) < 4.78 is 5.33. The Hall–Kier alpha value is -0.960. The van der Waals surface area contributed by atoms with Crippen LogP contribution in [0, 0.1) is 12.3 Å². The Labute approximate surface area is 78.8 Å². The zero-order chi connectivity index (χ0) is 9.90. The minimum absolute atomic E-state index is 0.110. The predicted molar refractivity (Wildman–Crippen MR) is 52.8 cm³/mol. The molecule has 3 heteroatoms. The minimum Gasteiger partial charge on any atom is -0.446 e. The lowest BCUT2D eigenvalue weighted by Gasteiger charge is -2.21. The lowest BCUT2D eigenvalue weighted by molar-refractivity contribution is 0.170. The number of nitrogens with one attached hydrogen (secondary N) is 1. The molecule has 0 spiro atoms. The number of hydrogen-bond acceptors (Lipinski definition) is 3. The van der Waals surface area contributed by atoms with Crippen LogP contribution in [0.5, 0.6) is 0 Å². The number of aryl methyl sites for hydroxylation is 1. The summed E-state index contributed by atoms with van der Waals surface area (Å²) in [5, 5.41) is 12.1. The number of anilines is 1. The van der Waals surface area contributed by atoms with Gasteiger partial charge in [-0.25, -0.2) is 0 Å². The molecule has 1 aromatic rings. The predicted octanol–water partition coefficient (Wildman–Crippen LogP) is 2.02. The summed E-state index contributed by atoms with van der Waals surface area (Å²) in [6.07, 6.45) is 0. The summed E-state index contributed by atoms with van der Waals surface area (Å²) in [6.45, 7) is 6.77. The van der Waals surface area contributed by atoms with Crippen LogP contribution in [0.25, 0.3) is 0 Å². The number of furan rings is 1. The van der Waals surface area contributed by atoms with E-state index in [1.54, 1.807) is 0 Å². The highest BCUT2D eigenvalue weighted by molar-refractivity contribution is 5.32. The zero-order valence-electron chi connectivity index (χ0n) is 8.42. The van der Waals surface area contributed by atoms with E-state index in [-0.39, 0.29) is 12.0 Å². The van der Waals surface area contributed by atoms with E-state index >= 15 is 0 Å². The number of rotatable bonds is 4. The van der Waals surface area contributed by atoms with Crippen LogP contribution < -0.4 is 5.32 Å². The quantitative estimate of drug-likeness (QED) is 0.750. The Morgan fingerprint density at radius 3 is 2.62 bits per heavy atom. The largest absolute Gasteiger partial charge is 0.446 e. The summed E-state index contributed by atoms with van der Waals surface area (Å²) in [6, 6.07) is 3.80. The van der Waals surface area contributed by atoms with E-state index < -0.39 is 0 Å². The maximum absolute atomic E-state index is 9.01. The van der Waals surface area contributed by atoms with Crippen molar-refractivity contribution in [3.05, 3.63) is 17.9 Å². The lowest BCUT2D eigenvalue weighted by atomic mass is 9.95. The summed E-state index contributed by atoms with van der Waals surface area (Å²) in [7, 11) is 0. The molecule has 3 nitrogen and oxygen atoms in total. The third-order valence-electron chi connectivity index (χ3n) is 1.91. The third kappa shape index (κ3) is 3.11. The van der Waals surface area contributed by atoms with Crippen LogP contribution in [0.15, 0.2) is 16.5 Å². The first-order chi connectivity index (χ1) is 6.03. The highest BCUT2D eigenvalue weighted by atomic mass is 16.4. The fraction of sp³-hybridized carbons (Fsp3) is 0.600. The molecule has 13 heavy (non-hydrogen) atoms. The van der Waals surface area contributed by atoms with Crippen molar-refractivity contribution in [1.82, 2.24) is 0 Å². The first-order valence-corrected chi connectivity index (χ1v) is 4.45. The van der Waals surface area contributed by atoms with Gasteiger partial charge in [-0.2, -0.15) is 0 Å². The summed E-state index contributed by atoms with van der Waals surface area (Å²) in [5.74, 6) is 1.66. The van der Waals surface area contributed by atoms with Crippen molar-refractivity contribution < 1.29 is 9.52 Å². The summed E-state index contributed by atoms with van der Waals surface area (Å²) in [5.41, 5.74) is -0.110. The van der Waals surface area contributed by atoms with E-state index in [2.05, 4.69) is 5.32 Å². The van der Waals surface area contributed by atoms with Gasteiger partial charge in [0.05, 0.1) is 0 Å². The third-order valence-corrected chi connectivity index (χ3v) is 1.91. The SMILES string of the molecule is Cc1ccc(NCC(C)(C)CO)o1. The van der Waals surface area contributed by atoms with Crippen molar-refractivity contribution in [2.75, 3.05) is 18.5 Å². The molecule has 0 amide bonds. The fourth-order valence-corrected chi connectivity index (χ4v) is 0.912. The molecule has 0 unspecified atom stereocenters. The van der Waals surface area contributed by atoms with Gasteiger partial charge in [-0.3, -0.25) is 0 Å². The molecule has 0 saturated heterocycles. The first-order valence-electron chi connectivity index (χ1n) is 4.45. The normalized spacial score (nSPS) is 11.7. The van der Waals surface area contributed by atoms with Crippen molar-refractivity contribution in [1.29, 1.82) is 0 Å². The van der Waals surface area contributed by atoms with Crippen molar-refractivity contribution >= 4 is 5.88 Å². The first kappa shape index (κ1) is 10.1. The molecular weight excluding hydrogens is 166 g/mol. The van der Waals surface area contributed by atoms with Crippen LogP contribution in [-0.2, 0) is 0 Å². The van der Waals surface area contributed by atoms with E-state index in [0.717, 1.165) is 11.6 Å². The molecular formula is C10H17NO2. The average molecular weight is 183 g/mol. The molecule has 0 radical (unpaired) electrons. The summed E-state index contributed by atoms with van der Waals surface area (Å²) in [4.78, 5) is 0. The van der Waals surface area contributed by atoms with Crippen molar-refractivity contribution in [2.24, 2.45) is 5.41 Å². The Balaban J connectivity index is 2.43. The molecule has 0 aliphatic rings. The van der Waals surface area contributed by atoms with Crippen molar-refractivity contribution in [3.8, 4) is 0 Å². The van der Waals surface area contributed by atoms with E-state index in [1.165, 1.54) is 0 Å². The van der Waals surface area contributed by atoms with Crippen LogP contribution in [0.4, 0.5) is 5.88 Å². The van der Waals surface area contributed by atoms with Gasteiger partial charge in [0.25, 0.3) is 0 Å². The molecule has 0 aromatic carbocycles. The molecule has 0 aliphatic carbocycles. The van der Waals surface area contributed by atoms with E-state index in [1.807, 2.05) is 32.9 Å². The van der Waals surface area contributed by atoms with Gasteiger partial charge in [0.1, 0.15) is 5.76 Å². The maximum Gasteiger partial charge on any atom is 0.193 e. The highest BCUT2D eigenvalue weighted by Crippen LogP contribution is 2.17. The number of hydrogen-bond donors (Lipinski definition) is 2. The minimum atomic E-state index is -0.110. The Morgan fingerprint density at radius 1 is 1.46 bits per heavy atom. The van der Waals surface area contributed by atoms with Gasteiger partial charge in [0, 0.05) is 24.6 Å². The second-order valence-corrected chi connectivity index (χ2v) is 4.09. The Bertz CT molecular complexity index is 266. The van der Waals surface area contributed by atoms with E-state index in [0.29, 0.717) is 6.54 Å². The highest BCUT2D eigenvalue weighted by Gasteiger charge is 2.16. The summed E-state index contributed by atoms with van der Waals surface area (Å²) >= 11 is 0. The zero-order valence-corrected chi connectivity index (χ0v) is 8.42. The lowest BCUT2D eigenvalue weighted by Crippen LogP contribution is -2.26. The van der Waals surface area contributed by atoms with Crippen molar-refractivity contribution in [2.45, 2.75) is 20.8 Å². The van der Waals surface area contributed by atoms with Gasteiger partial charge in [0.15, 0.2) is 5.88 Å². The topological polar surface area (TPSA) is 45.4 Å². The number of aliphatic hydroxyl groups excluding tert-OH is 1. The van der Waals surface area contributed by atoms with E-state index in [9.17, 15) is 0 Å². The van der Waals surface area contributed by atoms with Crippen molar-refractivity contribution in [3.63, 3.8) is 0 Å². The molecule has 0 bridgehead atoms. The molecule has 1 heterocycles. The smallest absolute Gasteiger partial charge is 0.193 e. The molecule has 0 fully saturated rings. The molecule has 1 rings (SSSR count).